The number of piperidine rings is 1. The maximum atomic E-state index is 11.0. The number of amides is 1. The minimum absolute atomic E-state index is 0.363. The summed E-state index contributed by atoms with van der Waals surface area (Å²) < 4.78 is 5.81. The summed E-state index contributed by atoms with van der Waals surface area (Å²) in [7, 11) is 0. The number of hydrogen-bond donors (Lipinski definition) is 2. The highest BCUT2D eigenvalue weighted by molar-refractivity contribution is 5.65. The van der Waals surface area contributed by atoms with Gasteiger partial charge in [-0.15, -0.1) is 0 Å². The number of rotatable bonds is 5. The minimum atomic E-state index is -0.835. The van der Waals surface area contributed by atoms with Crippen LogP contribution in [0.2, 0.25) is 0 Å². The molecule has 1 saturated heterocycles. The molecule has 1 aromatic carbocycles. The zero-order chi connectivity index (χ0) is 19.3. The molecule has 3 heterocycles. The average Bonchev–Trinajstić information content (AvgIpc) is 3.28. The fraction of sp³-hybridized carbons (Fsp3) is 0.300. The molecule has 8 nitrogen and oxygen atoms in total. The predicted molar refractivity (Wildman–Crippen MR) is 102 cm³/mol. The van der Waals surface area contributed by atoms with E-state index in [4.69, 9.17) is 9.84 Å². The summed E-state index contributed by atoms with van der Waals surface area (Å²) in [5.74, 6) is 1.84. The summed E-state index contributed by atoms with van der Waals surface area (Å²) in [5.41, 5.74) is 2.96. The van der Waals surface area contributed by atoms with Crippen LogP contribution in [0.3, 0.4) is 0 Å². The monoisotopic (exact) mass is 379 g/mol. The van der Waals surface area contributed by atoms with Gasteiger partial charge in [-0.25, -0.2) is 9.78 Å². The van der Waals surface area contributed by atoms with Crippen molar-refractivity contribution >= 4 is 6.09 Å². The fourth-order valence-corrected chi connectivity index (χ4v) is 3.38. The van der Waals surface area contributed by atoms with Crippen molar-refractivity contribution in [2.24, 2.45) is 0 Å². The van der Waals surface area contributed by atoms with Crippen LogP contribution in [-0.2, 0) is 6.61 Å². The molecule has 4 rings (SSSR count). The molecule has 1 aliphatic rings. The van der Waals surface area contributed by atoms with Crippen LogP contribution in [0.4, 0.5) is 4.79 Å². The summed E-state index contributed by atoms with van der Waals surface area (Å²) in [6.45, 7) is 1.54. The van der Waals surface area contributed by atoms with Crippen LogP contribution in [0.1, 0.15) is 30.0 Å². The normalized spacial score (nSPS) is 14.8. The van der Waals surface area contributed by atoms with Gasteiger partial charge in [0.1, 0.15) is 18.7 Å². The van der Waals surface area contributed by atoms with Crippen molar-refractivity contribution in [3.63, 3.8) is 0 Å². The van der Waals surface area contributed by atoms with Gasteiger partial charge in [0.15, 0.2) is 5.82 Å². The lowest BCUT2D eigenvalue weighted by molar-refractivity contribution is 0.132. The number of nitrogens with zero attached hydrogens (tertiary/aromatic N) is 4. The summed E-state index contributed by atoms with van der Waals surface area (Å²) >= 11 is 0. The first-order chi connectivity index (χ1) is 13.7. The largest absolute Gasteiger partial charge is 0.487 e. The van der Waals surface area contributed by atoms with Gasteiger partial charge in [-0.1, -0.05) is 6.07 Å². The van der Waals surface area contributed by atoms with E-state index in [-0.39, 0.29) is 0 Å². The number of hydrogen-bond acceptors (Lipinski definition) is 5. The third-order valence-corrected chi connectivity index (χ3v) is 5.01. The van der Waals surface area contributed by atoms with Crippen molar-refractivity contribution in [1.82, 2.24) is 25.1 Å². The summed E-state index contributed by atoms with van der Waals surface area (Å²) in [4.78, 5) is 21.1. The van der Waals surface area contributed by atoms with Gasteiger partial charge in [0.25, 0.3) is 0 Å². The number of carboxylic acid groups (broad SMARTS) is 1. The number of pyridine rings is 1. The molecule has 28 heavy (non-hydrogen) atoms. The van der Waals surface area contributed by atoms with Gasteiger partial charge >= 0.3 is 6.09 Å². The van der Waals surface area contributed by atoms with Crippen LogP contribution in [0, 0.1) is 0 Å². The van der Waals surface area contributed by atoms with Gasteiger partial charge in [-0.3, -0.25) is 10.1 Å². The van der Waals surface area contributed by atoms with Gasteiger partial charge < -0.3 is 14.7 Å². The first-order valence-electron chi connectivity index (χ1n) is 9.20. The molecule has 0 bridgehead atoms. The Morgan fingerprint density at radius 2 is 1.93 bits per heavy atom. The maximum Gasteiger partial charge on any atom is 0.407 e. The first kappa shape index (κ1) is 18.0. The quantitative estimate of drug-likeness (QED) is 0.705. The van der Waals surface area contributed by atoms with E-state index in [0.717, 1.165) is 41.2 Å². The second-order valence-corrected chi connectivity index (χ2v) is 6.77. The highest BCUT2D eigenvalue weighted by atomic mass is 16.5. The Morgan fingerprint density at radius 3 is 2.54 bits per heavy atom. The molecule has 144 valence electrons. The van der Waals surface area contributed by atoms with Crippen LogP contribution in [0.25, 0.3) is 11.4 Å². The molecule has 0 aliphatic carbocycles. The summed E-state index contributed by atoms with van der Waals surface area (Å²) in [6.07, 6.45) is 4.19. The van der Waals surface area contributed by atoms with Gasteiger partial charge in [0.05, 0.1) is 5.69 Å². The van der Waals surface area contributed by atoms with E-state index >= 15 is 0 Å². The van der Waals surface area contributed by atoms with Crippen LogP contribution < -0.4 is 4.74 Å². The number of aromatic nitrogens is 4. The van der Waals surface area contributed by atoms with Crippen LogP contribution in [-0.4, -0.2) is 49.4 Å². The molecule has 3 aromatic rings. The van der Waals surface area contributed by atoms with Crippen LogP contribution >= 0.6 is 0 Å². The van der Waals surface area contributed by atoms with E-state index in [1.54, 1.807) is 0 Å². The van der Waals surface area contributed by atoms with Crippen molar-refractivity contribution in [3.05, 3.63) is 60.2 Å². The standard InChI is InChI=1S/C20H21N5O3/c26-20(27)25-9-7-14(8-10-25)16-1-4-17(21-11-16)12-28-18-5-2-15(3-6-18)19-22-13-23-24-19/h1-6,11,13-14H,7-10,12H2,(H,26,27)(H,22,23,24). The number of benzene rings is 1. The Hall–Kier alpha value is -3.42. The van der Waals surface area contributed by atoms with Crippen LogP contribution in [0.15, 0.2) is 48.9 Å². The Bertz CT molecular complexity index is 902. The lowest BCUT2D eigenvalue weighted by Crippen LogP contribution is -2.36. The Kier molecular flexibility index (Phi) is 5.18. The average molecular weight is 379 g/mol. The molecule has 2 aromatic heterocycles. The molecular weight excluding hydrogens is 358 g/mol. The van der Waals surface area contributed by atoms with E-state index in [0.29, 0.717) is 25.6 Å². The Balaban J connectivity index is 1.31. The fourth-order valence-electron chi connectivity index (χ4n) is 3.38. The number of carbonyl (C=O) groups is 1. The smallest absolute Gasteiger partial charge is 0.407 e. The number of nitrogens with one attached hydrogen (secondary N) is 1. The topological polar surface area (TPSA) is 104 Å². The summed E-state index contributed by atoms with van der Waals surface area (Å²) in [5, 5.41) is 15.7. The van der Waals surface area contributed by atoms with E-state index in [9.17, 15) is 4.79 Å². The molecule has 1 fully saturated rings. The Morgan fingerprint density at radius 1 is 1.14 bits per heavy atom. The number of likely N-dealkylation sites (tertiary alicyclic amines) is 1. The summed E-state index contributed by atoms with van der Waals surface area (Å²) in [6, 6.07) is 11.7. The van der Waals surface area contributed by atoms with E-state index < -0.39 is 6.09 Å². The number of aromatic amines is 1. The van der Waals surface area contributed by atoms with Crippen molar-refractivity contribution in [3.8, 4) is 17.1 Å². The highest BCUT2D eigenvalue weighted by Gasteiger charge is 2.23. The third kappa shape index (κ3) is 4.11. The van der Waals surface area contributed by atoms with Gasteiger partial charge in [0.2, 0.25) is 0 Å². The Labute approximate surface area is 162 Å². The lowest BCUT2D eigenvalue weighted by atomic mass is 9.90. The number of H-pyrrole nitrogens is 1. The molecule has 0 radical (unpaired) electrons. The maximum absolute atomic E-state index is 11.0. The molecule has 1 amide bonds. The van der Waals surface area contributed by atoms with Crippen molar-refractivity contribution in [1.29, 1.82) is 0 Å². The molecule has 0 saturated carbocycles. The molecular formula is C20H21N5O3. The highest BCUT2D eigenvalue weighted by Crippen LogP contribution is 2.27. The van der Waals surface area contributed by atoms with Gasteiger partial charge in [-0.2, -0.15) is 5.10 Å². The molecule has 2 N–H and O–H groups in total. The minimum Gasteiger partial charge on any atom is -0.487 e. The van der Waals surface area contributed by atoms with E-state index in [1.165, 1.54) is 11.2 Å². The molecule has 0 unspecified atom stereocenters. The SMILES string of the molecule is O=C(O)N1CCC(c2ccc(COc3ccc(-c4ncn[nH]4)cc3)nc2)CC1. The predicted octanol–water partition coefficient (Wildman–Crippen LogP) is 3.30. The molecule has 1 aliphatic heterocycles. The second kappa shape index (κ2) is 8.08. The van der Waals surface area contributed by atoms with E-state index in [2.05, 4.69) is 26.2 Å². The van der Waals surface area contributed by atoms with E-state index in [1.807, 2.05) is 36.5 Å². The molecule has 0 atom stereocenters. The second-order valence-electron chi connectivity index (χ2n) is 6.77. The van der Waals surface area contributed by atoms with Crippen LogP contribution in [0.5, 0.6) is 5.75 Å². The number of ether oxygens (including phenoxy) is 1. The van der Waals surface area contributed by atoms with Crippen molar-refractivity contribution < 1.29 is 14.6 Å². The zero-order valence-corrected chi connectivity index (χ0v) is 15.3. The molecule has 8 heteroatoms. The van der Waals surface area contributed by atoms with Gasteiger partial charge in [-0.05, 0) is 54.7 Å². The zero-order valence-electron chi connectivity index (χ0n) is 15.3. The van der Waals surface area contributed by atoms with Crippen molar-refractivity contribution in [2.75, 3.05) is 13.1 Å². The molecule has 0 spiro atoms. The van der Waals surface area contributed by atoms with Crippen molar-refractivity contribution in [2.45, 2.75) is 25.4 Å². The van der Waals surface area contributed by atoms with Gasteiger partial charge in [0, 0.05) is 24.8 Å². The first-order valence-corrected chi connectivity index (χ1v) is 9.20. The third-order valence-electron chi connectivity index (χ3n) is 5.01. The lowest BCUT2D eigenvalue weighted by Gasteiger charge is -2.30.